The Balaban J connectivity index is 2.36. The molecule has 7 nitrogen and oxygen atoms in total. The lowest BCUT2D eigenvalue weighted by Gasteiger charge is -2.07. The Hall–Kier alpha value is -2.61. The molecule has 0 aromatic heterocycles. The highest BCUT2D eigenvalue weighted by Crippen LogP contribution is 2.34. The van der Waals surface area contributed by atoms with Crippen molar-refractivity contribution in [2.45, 2.75) is 0 Å². The normalized spacial score (nSPS) is 16.2. The number of thioether (sulfide) groups is 1. The van der Waals surface area contributed by atoms with E-state index < -0.39 is 10.8 Å². The number of carbonyl (C=O) groups is 2. The molecule has 2 rings (SSSR count). The molecule has 0 bridgehead atoms. The maximum absolute atomic E-state index is 12.1. The van der Waals surface area contributed by atoms with Crippen LogP contribution in [-0.2, 0) is 4.79 Å². The molecule has 0 atom stereocenters. The van der Waals surface area contributed by atoms with E-state index in [9.17, 15) is 19.7 Å². The highest BCUT2D eigenvalue weighted by molar-refractivity contribution is 8.18. The fourth-order valence-electron chi connectivity index (χ4n) is 1.88. The minimum atomic E-state index is -0.570. The van der Waals surface area contributed by atoms with E-state index in [0.717, 1.165) is 16.7 Å². The molecule has 22 heavy (non-hydrogen) atoms. The molecule has 0 aliphatic carbocycles. The van der Waals surface area contributed by atoms with E-state index in [0.29, 0.717) is 5.56 Å². The third-order valence-corrected chi connectivity index (χ3v) is 3.79. The highest BCUT2D eigenvalue weighted by Gasteiger charge is 2.34. The van der Waals surface area contributed by atoms with Gasteiger partial charge in [0.2, 0.25) is 0 Å². The van der Waals surface area contributed by atoms with E-state index in [2.05, 4.69) is 6.58 Å². The van der Waals surface area contributed by atoms with Crippen molar-refractivity contribution in [1.29, 1.82) is 0 Å². The van der Waals surface area contributed by atoms with E-state index in [1.165, 1.54) is 31.4 Å². The molecule has 1 heterocycles. The van der Waals surface area contributed by atoms with Crippen molar-refractivity contribution in [1.82, 2.24) is 4.90 Å². The number of hydrogen-bond donors (Lipinski definition) is 0. The number of amides is 2. The molecule has 1 saturated heterocycles. The van der Waals surface area contributed by atoms with Crippen LogP contribution in [0.1, 0.15) is 5.56 Å². The van der Waals surface area contributed by atoms with Gasteiger partial charge in [0.1, 0.15) is 0 Å². The van der Waals surface area contributed by atoms with Gasteiger partial charge in [0.05, 0.1) is 16.9 Å². The summed E-state index contributed by atoms with van der Waals surface area (Å²) in [5.41, 5.74) is 0.234. The molecule has 0 unspecified atom stereocenters. The van der Waals surface area contributed by atoms with Crippen LogP contribution in [0, 0.1) is 10.1 Å². The Morgan fingerprint density at radius 1 is 1.45 bits per heavy atom. The van der Waals surface area contributed by atoms with Crippen molar-refractivity contribution in [3.05, 3.63) is 51.4 Å². The molecule has 0 saturated carbocycles. The molecule has 0 spiro atoms. The van der Waals surface area contributed by atoms with Gasteiger partial charge in [-0.25, -0.2) is 0 Å². The maximum atomic E-state index is 12.1. The molecular weight excluding hydrogens is 308 g/mol. The van der Waals surface area contributed by atoms with E-state index in [1.54, 1.807) is 6.07 Å². The Bertz CT molecular complexity index is 698. The first-order chi connectivity index (χ1) is 10.5. The van der Waals surface area contributed by atoms with Crippen molar-refractivity contribution in [3.8, 4) is 5.75 Å². The van der Waals surface area contributed by atoms with E-state index in [1.807, 2.05) is 0 Å². The molecule has 1 aromatic rings. The molecule has 1 aromatic carbocycles. The van der Waals surface area contributed by atoms with Crippen molar-refractivity contribution < 1.29 is 19.2 Å². The quantitative estimate of drug-likeness (QED) is 0.359. The van der Waals surface area contributed by atoms with E-state index in [4.69, 9.17) is 4.74 Å². The fraction of sp³-hybridized carbons (Fsp3) is 0.143. The summed E-state index contributed by atoms with van der Waals surface area (Å²) in [5, 5.41) is 10.6. The number of ether oxygens (including phenoxy) is 1. The zero-order valence-corrected chi connectivity index (χ0v) is 12.5. The predicted octanol–water partition coefficient (Wildman–Crippen LogP) is 2.83. The molecule has 0 radical (unpaired) electrons. The van der Waals surface area contributed by atoms with E-state index >= 15 is 0 Å². The number of rotatable bonds is 5. The summed E-state index contributed by atoms with van der Waals surface area (Å²) in [6.07, 6.45) is 2.90. The van der Waals surface area contributed by atoms with Crippen LogP contribution in [0.4, 0.5) is 10.5 Å². The molecule has 2 amide bonds. The first kappa shape index (κ1) is 15.8. The SMILES string of the molecule is C=CCN1C(=O)S/C(=C\c2ccc(OC)c([N+](=O)[O-])c2)C1=O. The minimum Gasteiger partial charge on any atom is -0.490 e. The van der Waals surface area contributed by atoms with Gasteiger partial charge >= 0.3 is 5.69 Å². The van der Waals surface area contributed by atoms with Gasteiger partial charge in [-0.3, -0.25) is 24.6 Å². The summed E-state index contributed by atoms with van der Waals surface area (Å²) in [7, 11) is 1.34. The van der Waals surface area contributed by atoms with Crippen LogP contribution in [0.15, 0.2) is 35.8 Å². The van der Waals surface area contributed by atoms with Crippen LogP contribution in [0.5, 0.6) is 5.75 Å². The summed E-state index contributed by atoms with van der Waals surface area (Å²) in [5.74, 6) is -0.310. The maximum Gasteiger partial charge on any atom is 0.311 e. The average Bonchev–Trinajstić information content (AvgIpc) is 2.75. The van der Waals surface area contributed by atoms with Gasteiger partial charge in [-0.15, -0.1) is 6.58 Å². The topological polar surface area (TPSA) is 89.8 Å². The van der Waals surface area contributed by atoms with Gasteiger partial charge in [0.15, 0.2) is 5.75 Å². The molecule has 1 aliphatic rings. The van der Waals surface area contributed by atoms with Crippen molar-refractivity contribution in [2.24, 2.45) is 0 Å². The lowest BCUT2D eigenvalue weighted by atomic mass is 10.1. The molecule has 1 aliphatic heterocycles. The molecule has 0 N–H and O–H groups in total. The van der Waals surface area contributed by atoms with Crippen molar-refractivity contribution in [2.75, 3.05) is 13.7 Å². The lowest BCUT2D eigenvalue weighted by molar-refractivity contribution is -0.385. The number of benzene rings is 1. The molecule has 114 valence electrons. The smallest absolute Gasteiger partial charge is 0.311 e. The van der Waals surface area contributed by atoms with E-state index in [-0.39, 0.29) is 28.1 Å². The second kappa shape index (κ2) is 6.44. The Kier molecular flexibility index (Phi) is 4.62. The van der Waals surface area contributed by atoms with Gasteiger partial charge in [0.25, 0.3) is 11.1 Å². The Labute approximate surface area is 130 Å². The van der Waals surface area contributed by atoms with Gasteiger partial charge in [-0.2, -0.15) is 0 Å². The number of hydrogen-bond acceptors (Lipinski definition) is 6. The van der Waals surface area contributed by atoms with Crippen molar-refractivity contribution >= 4 is 34.7 Å². The summed E-state index contributed by atoms with van der Waals surface area (Å²) >= 11 is 0.790. The number of carbonyl (C=O) groups excluding carboxylic acids is 2. The van der Waals surface area contributed by atoms with Gasteiger partial charge in [-0.1, -0.05) is 12.1 Å². The largest absolute Gasteiger partial charge is 0.490 e. The second-order valence-corrected chi connectivity index (χ2v) is 5.26. The molecular formula is C14H12N2O5S. The minimum absolute atomic E-state index is 0.127. The third kappa shape index (κ3) is 3.01. The number of imide groups is 1. The van der Waals surface area contributed by atoms with Crippen LogP contribution in [0.2, 0.25) is 0 Å². The number of methoxy groups -OCH3 is 1. The lowest BCUT2D eigenvalue weighted by Crippen LogP contribution is -2.27. The third-order valence-electron chi connectivity index (χ3n) is 2.88. The first-order valence-corrected chi connectivity index (χ1v) is 6.98. The van der Waals surface area contributed by atoms with Gasteiger partial charge in [0, 0.05) is 12.6 Å². The highest BCUT2D eigenvalue weighted by atomic mass is 32.2. The zero-order valence-electron chi connectivity index (χ0n) is 11.6. The Morgan fingerprint density at radius 2 is 2.18 bits per heavy atom. The second-order valence-electron chi connectivity index (χ2n) is 4.27. The fourth-order valence-corrected chi connectivity index (χ4v) is 2.73. The number of nitro benzene ring substituents is 1. The summed E-state index contributed by atoms with van der Waals surface area (Å²) in [6.45, 7) is 3.62. The van der Waals surface area contributed by atoms with Crippen molar-refractivity contribution in [3.63, 3.8) is 0 Å². The summed E-state index contributed by atoms with van der Waals surface area (Å²) in [4.78, 5) is 35.4. The molecule has 8 heteroatoms. The monoisotopic (exact) mass is 320 g/mol. The van der Waals surface area contributed by atoms with Crippen LogP contribution in [0.25, 0.3) is 6.08 Å². The number of nitrogens with zero attached hydrogens (tertiary/aromatic N) is 2. The number of nitro groups is 1. The van der Waals surface area contributed by atoms with Crippen LogP contribution >= 0.6 is 11.8 Å². The summed E-state index contributed by atoms with van der Waals surface area (Å²) in [6, 6.07) is 4.31. The van der Waals surface area contributed by atoms with Gasteiger partial charge in [-0.05, 0) is 29.5 Å². The Morgan fingerprint density at radius 3 is 2.77 bits per heavy atom. The average molecular weight is 320 g/mol. The standard InChI is InChI=1S/C14H12N2O5S/c1-3-6-15-13(17)12(22-14(15)18)8-9-4-5-11(21-2)10(7-9)16(19)20/h3-5,7-8H,1,6H2,2H3/b12-8-. The summed E-state index contributed by atoms with van der Waals surface area (Å²) < 4.78 is 4.91. The van der Waals surface area contributed by atoms with Crippen LogP contribution in [-0.4, -0.2) is 34.6 Å². The van der Waals surface area contributed by atoms with Gasteiger partial charge < -0.3 is 4.74 Å². The zero-order chi connectivity index (χ0) is 16.3. The van der Waals surface area contributed by atoms with Crippen LogP contribution < -0.4 is 4.74 Å². The van der Waals surface area contributed by atoms with Crippen LogP contribution in [0.3, 0.4) is 0 Å². The molecule has 1 fully saturated rings. The predicted molar refractivity (Wildman–Crippen MR) is 82.5 cm³/mol. The first-order valence-electron chi connectivity index (χ1n) is 6.16.